The van der Waals surface area contributed by atoms with Gasteiger partial charge < -0.3 is 15.0 Å². The van der Waals surface area contributed by atoms with Crippen LogP contribution in [0.15, 0.2) is 29.3 Å². The van der Waals surface area contributed by atoms with Crippen molar-refractivity contribution >= 4 is 29.9 Å². The maximum atomic E-state index is 5.72. The summed E-state index contributed by atoms with van der Waals surface area (Å²) in [7, 11) is 1.85. The molecule has 0 saturated carbocycles. The van der Waals surface area contributed by atoms with Gasteiger partial charge in [0.2, 0.25) is 0 Å². The highest BCUT2D eigenvalue weighted by Gasteiger charge is 2.18. The van der Waals surface area contributed by atoms with Crippen molar-refractivity contribution in [2.45, 2.75) is 26.7 Å². The number of hydrogen-bond acceptors (Lipinski definition) is 2. The predicted octanol–water partition coefficient (Wildman–Crippen LogP) is 3.30. The zero-order valence-electron chi connectivity index (χ0n) is 13.8. The number of nitrogens with one attached hydrogen (secondary N) is 1. The highest BCUT2D eigenvalue weighted by molar-refractivity contribution is 14.0. The molecule has 0 spiro atoms. The number of piperidine rings is 1. The average molecular weight is 417 g/mol. The van der Waals surface area contributed by atoms with Crippen LogP contribution < -0.4 is 10.1 Å². The molecule has 1 aliphatic heterocycles. The fourth-order valence-electron chi connectivity index (χ4n) is 2.52. The second kappa shape index (κ2) is 9.92. The quantitative estimate of drug-likeness (QED) is 0.354. The molecule has 0 aromatic heterocycles. The van der Waals surface area contributed by atoms with Crippen LogP contribution in [0.4, 0.5) is 0 Å². The number of ether oxygens (including phenoxy) is 1. The minimum Gasteiger partial charge on any atom is -0.492 e. The van der Waals surface area contributed by atoms with Crippen molar-refractivity contribution in [3.63, 3.8) is 0 Å². The van der Waals surface area contributed by atoms with Gasteiger partial charge in [-0.3, -0.25) is 4.99 Å². The van der Waals surface area contributed by atoms with Gasteiger partial charge in [-0.25, -0.2) is 0 Å². The molecule has 1 heterocycles. The van der Waals surface area contributed by atoms with E-state index in [-0.39, 0.29) is 24.0 Å². The Balaban J connectivity index is 0.00000242. The predicted molar refractivity (Wildman–Crippen MR) is 103 cm³/mol. The maximum Gasteiger partial charge on any atom is 0.193 e. The molecule has 0 bridgehead atoms. The lowest BCUT2D eigenvalue weighted by Gasteiger charge is -2.32. The first-order valence-corrected chi connectivity index (χ1v) is 7.84. The number of aliphatic imine (C=N–C) groups is 1. The minimum absolute atomic E-state index is 0. The van der Waals surface area contributed by atoms with Crippen LogP contribution >= 0.6 is 24.0 Å². The van der Waals surface area contributed by atoms with E-state index in [4.69, 9.17) is 4.74 Å². The molecule has 1 aliphatic rings. The second-order valence-electron chi connectivity index (χ2n) is 5.81. The third kappa shape index (κ3) is 6.02. The number of aryl methyl sites for hydroxylation is 1. The number of guanidine groups is 1. The number of benzene rings is 1. The van der Waals surface area contributed by atoms with E-state index in [0.29, 0.717) is 6.61 Å². The van der Waals surface area contributed by atoms with Crippen molar-refractivity contribution < 1.29 is 4.74 Å². The molecule has 0 radical (unpaired) electrons. The van der Waals surface area contributed by atoms with Crippen molar-refractivity contribution in [1.29, 1.82) is 0 Å². The molecular weight excluding hydrogens is 389 g/mol. The van der Waals surface area contributed by atoms with Gasteiger partial charge in [0.05, 0.1) is 6.54 Å². The van der Waals surface area contributed by atoms with Crippen LogP contribution in [0.1, 0.15) is 25.3 Å². The lowest BCUT2D eigenvalue weighted by molar-refractivity contribution is 0.269. The van der Waals surface area contributed by atoms with E-state index in [1.54, 1.807) is 0 Å². The van der Waals surface area contributed by atoms with Crippen molar-refractivity contribution in [1.82, 2.24) is 10.2 Å². The van der Waals surface area contributed by atoms with Gasteiger partial charge in [-0.2, -0.15) is 0 Å². The van der Waals surface area contributed by atoms with E-state index < -0.39 is 0 Å². The second-order valence-corrected chi connectivity index (χ2v) is 5.81. The Kier molecular flexibility index (Phi) is 8.60. The molecule has 5 heteroatoms. The molecule has 0 amide bonds. The summed E-state index contributed by atoms with van der Waals surface area (Å²) in [6, 6.07) is 8.15. The molecule has 1 aromatic carbocycles. The zero-order valence-corrected chi connectivity index (χ0v) is 16.2. The van der Waals surface area contributed by atoms with Gasteiger partial charge in [-0.1, -0.05) is 24.6 Å². The van der Waals surface area contributed by atoms with Gasteiger partial charge in [0.1, 0.15) is 12.4 Å². The summed E-state index contributed by atoms with van der Waals surface area (Å²) >= 11 is 0. The molecule has 1 saturated heterocycles. The van der Waals surface area contributed by atoms with E-state index in [9.17, 15) is 0 Å². The van der Waals surface area contributed by atoms with Crippen molar-refractivity contribution in [2.24, 2.45) is 10.9 Å². The van der Waals surface area contributed by atoms with E-state index in [0.717, 1.165) is 37.3 Å². The van der Waals surface area contributed by atoms with Crippen LogP contribution in [-0.2, 0) is 0 Å². The van der Waals surface area contributed by atoms with Gasteiger partial charge in [0, 0.05) is 20.1 Å². The normalized spacial score (nSPS) is 16.1. The fourth-order valence-corrected chi connectivity index (χ4v) is 2.52. The summed E-state index contributed by atoms with van der Waals surface area (Å²) in [5, 5.41) is 3.39. The molecule has 22 heavy (non-hydrogen) atoms. The van der Waals surface area contributed by atoms with Gasteiger partial charge in [0.15, 0.2) is 5.96 Å². The van der Waals surface area contributed by atoms with Crippen LogP contribution in [-0.4, -0.2) is 44.1 Å². The van der Waals surface area contributed by atoms with Crippen LogP contribution in [0, 0.1) is 12.8 Å². The Bertz CT molecular complexity index is 453. The first kappa shape index (κ1) is 19.1. The van der Waals surface area contributed by atoms with Gasteiger partial charge in [-0.15, -0.1) is 24.0 Å². The first-order valence-electron chi connectivity index (χ1n) is 7.84. The summed E-state index contributed by atoms with van der Waals surface area (Å²) < 4.78 is 5.72. The van der Waals surface area contributed by atoms with Crippen molar-refractivity contribution in [2.75, 3.05) is 33.3 Å². The number of halogens is 1. The number of likely N-dealkylation sites (tertiary alicyclic amines) is 1. The molecule has 0 unspecified atom stereocenters. The number of rotatable bonds is 4. The Morgan fingerprint density at radius 2 is 1.91 bits per heavy atom. The molecule has 2 rings (SSSR count). The van der Waals surface area contributed by atoms with Crippen LogP contribution in [0.2, 0.25) is 0 Å². The molecule has 1 aromatic rings. The monoisotopic (exact) mass is 417 g/mol. The SMILES string of the molecule is CN=C(NCCOc1ccc(C)cc1)N1CCC(C)CC1.I. The minimum atomic E-state index is 0. The van der Waals surface area contributed by atoms with Gasteiger partial charge in [-0.05, 0) is 37.8 Å². The standard InChI is InChI=1S/C17H27N3O.HI/c1-14-4-6-16(7-5-14)21-13-10-19-17(18-3)20-11-8-15(2)9-12-20;/h4-7,15H,8-13H2,1-3H3,(H,18,19);1H. The lowest BCUT2D eigenvalue weighted by Crippen LogP contribution is -2.46. The number of hydrogen-bond donors (Lipinski definition) is 1. The molecule has 0 atom stereocenters. The summed E-state index contributed by atoms with van der Waals surface area (Å²) in [6.07, 6.45) is 2.50. The topological polar surface area (TPSA) is 36.9 Å². The smallest absolute Gasteiger partial charge is 0.193 e. The highest BCUT2D eigenvalue weighted by Crippen LogP contribution is 2.15. The third-order valence-corrected chi connectivity index (χ3v) is 3.97. The van der Waals surface area contributed by atoms with Crippen LogP contribution in [0.3, 0.4) is 0 Å². The maximum absolute atomic E-state index is 5.72. The highest BCUT2D eigenvalue weighted by atomic mass is 127. The van der Waals surface area contributed by atoms with Crippen LogP contribution in [0.25, 0.3) is 0 Å². The van der Waals surface area contributed by atoms with E-state index in [1.165, 1.54) is 18.4 Å². The van der Waals surface area contributed by atoms with E-state index in [1.807, 2.05) is 19.2 Å². The summed E-state index contributed by atoms with van der Waals surface area (Å²) in [6.45, 7) is 8.01. The van der Waals surface area contributed by atoms with E-state index in [2.05, 4.69) is 41.2 Å². The zero-order chi connectivity index (χ0) is 15.1. The van der Waals surface area contributed by atoms with E-state index >= 15 is 0 Å². The molecular formula is C17H28IN3O. The van der Waals surface area contributed by atoms with Crippen LogP contribution in [0.5, 0.6) is 5.75 Å². The fraction of sp³-hybridized carbons (Fsp3) is 0.588. The Hall–Kier alpha value is -0.980. The van der Waals surface area contributed by atoms with Gasteiger partial charge in [0.25, 0.3) is 0 Å². The largest absolute Gasteiger partial charge is 0.492 e. The summed E-state index contributed by atoms with van der Waals surface area (Å²) in [4.78, 5) is 6.71. The average Bonchev–Trinajstić information content (AvgIpc) is 2.50. The Morgan fingerprint density at radius 1 is 1.27 bits per heavy atom. The molecule has 0 aliphatic carbocycles. The summed E-state index contributed by atoms with van der Waals surface area (Å²) in [5.41, 5.74) is 1.25. The van der Waals surface area contributed by atoms with Gasteiger partial charge >= 0.3 is 0 Å². The third-order valence-electron chi connectivity index (χ3n) is 3.97. The molecule has 4 nitrogen and oxygen atoms in total. The Labute approximate surface area is 151 Å². The Morgan fingerprint density at radius 3 is 2.50 bits per heavy atom. The molecule has 1 N–H and O–H groups in total. The van der Waals surface area contributed by atoms with Crippen molar-refractivity contribution in [3.8, 4) is 5.75 Å². The molecule has 124 valence electrons. The first-order chi connectivity index (χ1) is 10.2. The molecule has 1 fully saturated rings. The van der Waals surface area contributed by atoms with Crippen molar-refractivity contribution in [3.05, 3.63) is 29.8 Å². The lowest BCUT2D eigenvalue weighted by atomic mass is 10.00. The number of nitrogens with zero attached hydrogens (tertiary/aromatic N) is 2. The summed E-state index contributed by atoms with van der Waals surface area (Å²) in [5.74, 6) is 2.75.